The molecule has 0 aliphatic rings. The molecule has 0 saturated carbocycles. The lowest BCUT2D eigenvalue weighted by atomic mass is 10.2. The molecule has 4 heteroatoms. The summed E-state index contributed by atoms with van der Waals surface area (Å²) in [6.07, 6.45) is 2.69. The SMILES string of the molecule is CCCNCc1ncc(-c2cccc(F)c2)o1. The third-order valence-corrected chi connectivity index (χ3v) is 2.37. The van der Waals surface area contributed by atoms with Gasteiger partial charge in [-0.15, -0.1) is 0 Å². The van der Waals surface area contributed by atoms with Crippen LogP contribution in [0, 0.1) is 5.82 Å². The molecule has 0 bridgehead atoms. The Kier molecular flexibility index (Phi) is 3.88. The molecule has 1 N–H and O–H groups in total. The summed E-state index contributed by atoms with van der Waals surface area (Å²) in [4.78, 5) is 4.14. The minimum absolute atomic E-state index is 0.274. The van der Waals surface area contributed by atoms with Crippen LogP contribution in [0.25, 0.3) is 11.3 Å². The molecule has 0 fully saturated rings. The van der Waals surface area contributed by atoms with Crippen LogP contribution in [0.5, 0.6) is 0 Å². The fraction of sp³-hybridized carbons (Fsp3) is 0.308. The Labute approximate surface area is 99.7 Å². The fourth-order valence-electron chi connectivity index (χ4n) is 1.54. The summed E-state index contributed by atoms with van der Waals surface area (Å²) in [7, 11) is 0. The summed E-state index contributed by atoms with van der Waals surface area (Å²) >= 11 is 0. The number of halogens is 1. The van der Waals surface area contributed by atoms with Crippen LogP contribution in [0.4, 0.5) is 4.39 Å². The van der Waals surface area contributed by atoms with Gasteiger partial charge in [0, 0.05) is 5.56 Å². The first-order valence-corrected chi connectivity index (χ1v) is 5.71. The van der Waals surface area contributed by atoms with E-state index in [4.69, 9.17) is 4.42 Å². The van der Waals surface area contributed by atoms with E-state index in [1.165, 1.54) is 12.1 Å². The molecular formula is C13H15FN2O. The largest absolute Gasteiger partial charge is 0.439 e. The summed E-state index contributed by atoms with van der Waals surface area (Å²) in [5.74, 6) is 0.945. The van der Waals surface area contributed by atoms with Crippen LogP contribution in [0.1, 0.15) is 19.2 Å². The summed E-state index contributed by atoms with van der Waals surface area (Å²) < 4.78 is 18.6. The first kappa shape index (κ1) is 11.8. The van der Waals surface area contributed by atoms with E-state index in [0.29, 0.717) is 23.8 Å². The highest BCUT2D eigenvalue weighted by atomic mass is 19.1. The Morgan fingerprint density at radius 2 is 2.29 bits per heavy atom. The average Bonchev–Trinajstić information content (AvgIpc) is 2.78. The molecule has 0 aliphatic carbocycles. The van der Waals surface area contributed by atoms with Gasteiger partial charge in [0.15, 0.2) is 5.76 Å². The van der Waals surface area contributed by atoms with Crippen molar-refractivity contribution < 1.29 is 8.81 Å². The zero-order valence-corrected chi connectivity index (χ0v) is 9.74. The minimum Gasteiger partial charge on any atom is -0.439 e. The summed E-state index contributed by atoms with van der Waals surface area (Å²) in [5.41, 5.74) is 0.708. The van der Waals surface area contributed by atoms with Crippen molar-refractivity contribution in [3.8, 4) is 11.3 Å². The lowest BCUT2D eigenvalue weighted by molar-refractivity contribution is 0.477. The lowest BCUT2D eigenvalue weighted by Crippen LogP contribution is -2.13. The molecule has 0 spiro atoms. The number of rotatable bonds is 5. The molecule has 3 nitrogen and oxygen atoms in total. The monoisotopic (exact) mass is 234 g/mol. The van der Waals surface area contributed by atoms with Gasteiger partial charge in [0.2, 0.25) is 5.89 Å². The second kappa shape index (κ2) is 5.59. The number of nitrogens with one attached hydrogen (secondary N) is 1. The Morgan fingerprint density at radius 3 is 3.06 bits per heavy atom. The molecular weight excluding hydrogens is 219 g/mol. The third kappa shape index (κ3) is 3.14. The Bertz CT molecular complexity index is 482. The topological polar surface area (TPSA) is 38.1 Å². The molecule has 0 radical (unpaired) electrons. The second-order valence-corrected chi connectivity index (χ2v) is 3.81. The zero-order chi connectivity index (χ0) is 12.1. The average molecular weight is 234 g/mol. The quantitative estimate of drug-likeness (QED) is 0.808. The van der Waals surface area contributed by atoms with Gasteiger partial charge in [-0.2, -0.15) is 0 Å². The molecule has 1 heterocycles. The Hall–Kier alpha value is -1.68. The van der Waals surface area contributed by atoms with Crippen LogP contribution in [-0.2, 0) is 6.54 Å². The van der Waals surface area contributed by atoms with Gasteiger partial charge in [-0.3, -0.25) is 0 Å². The molecule has 0 unspecified atom stereocenters. The first-order valence-electron chi connectivity index (χ1n) is 5.71. The van der Waals surface area contributed by atoms with Crippen molar-refractivity contribution in [1.82, 2.24) is 10.3 Å². The van der Waals surface area contributed by atoms with E-state index in [9.17, 15) is 4.39 Å². The van der Waals surface area contributed by atoms with Crippen molar-refractivity contribution in [3.63, 3.8) is 0 Å². The highest BCUT2D eigenvalue weighted by molar-refractivity contribution is 5.55. The summed E-state index contributed by atoms with van der Waals surface area (Å²) in [5, 5.41) is 3.20. The van der Waals surface area contributed by atoms with Crippen molar-refractivity contribution in [2.24, 2.45) is 0 Å². The van der Waals surface area contributed by atoms with Crippen LogP contribution in [-0.4, -0.2) is 11.5 Å². The molecule has 2 rings (SSSR count). The fourth-order valence-corrected chi connectivity index (χ4v) is 1.54. The van der Waals surface area contributed by atoms with E-state index in [2.05, 4.69) is 17.2 Å². The predicted molar refractivity (Wildman–Crippen MR) is 63.9 cm³/mol. The number of oxazole rings is 1. The van der Waals surface area contributed by atoms with Crippen LogP contribution in [0.3, 0.4) is 0 Å². The highest BCUT2D eigenvalue weighted by Gasteiger charge is 2.06. The maximum absolute atomic E-state index is 13.0. The molecule has 90 valence electrons. The summed E-state index contributed by atoms with van der Waals surface area (Å²) in [6.45, 7) is 3.63. The van der Waals surface area contributed by atoms with E-state index in [-0.39, 0.29) is 5.82 Å². The standard InChI is InChI=1S/C13H15FN2O/c1-2-6-15-9-13-16-8-12(17-13)10-4-3-5-11(14)7-10/h3-5,7-8,15H,2,6,9H2,1H3. The van der Waals surface area contributed by atoms with E-state index in [0.717, 1.165) is 13.0 Å². The first-order chi connectivity index (χ1) is 8.29. The Morgan fingerprint density at radius 1 is 1.41 bits per heavy atom. The van der Waals surface area contributed by atoms with Gasteiger partial charge in [0.25, 0.3) is 0 Å². The van der Waals surface area contributed by atoms with E-state index >= 15 is 0 Å². The maximum atomic E-state index is 13.0. The predicted octanol–water partition coefficient (Wildman–Crippen LogP) is 2.98. The van der Waals surface area contributed by atoms with Gasteiger partial charge in [0.05, 0.1) is 12.7 Å². The molecule has 2 aromatic rings. The maximum Gasteiger partial charge on any atom is 0.208 e. The highest BCUT2D eigenvalue weighted by Crippen LogP contribution is 2.20. The van der Waals surface area contributed by atoms with Crippen molar-refractivity contribution in [1.29, 1.82) is 0 Å². The van der Waals surface area contributed by atoms with Crippen LogP contribution in [0.15, 0.2) is 34.9 Å². The van der Waals surface area contributed by atoms with E-state index in [1.54, 1.807) is 18.3 Å². The van der Waals surface area contributed by atoms with Gasteiger partial charge in [0.1, 0.15) is 5.82 Å². The Balaban J connectivity index is 2.07. The number of aromatic nitrogens is 1. The van der Waals surface area contributed by atoms with Gasteiger partial charge in [-0.1, -0.05) is 19.1 Å². The smallest absolute Gasteiger partial charge is 0.208 e. The lowest BCUT2D eigenvalue weighted by Gasteiger charge is -1.98. The van der Waals surface area contributed by atoms with Crippen LogP contribution in [0.2, 0.25) is 0 Å². The van der Waals surface area contributed by atoms with Crippen molar-refractivity contribution in [2.45, 2.75) is 19.9 Å². The molecule has 1 aromatic heterocycles. The molecule has 0 saturated heterocycles. The number of hydrogen-bond donors (Lipinski definition) is 1. The molecule has 0 amide bonds. The zero-order valence-electron chi connectivity index (χ0n) is 9.74. The number of nitrogens with zero attached hydrogens (tertiary/aromatic N) is 1. The molecule has 0 aliphatic heterocycles. The molecule has 17 heavy (non-hydrogen) atoms. The van der Waals surface area contributed by atoms with Gasteiger partial charge >= 0.3 is 0 Å². The van der Waals surface area contributed by atoms with Crippen molar-refractivity contribution in [2.75, 3.05) is 6.54 Å². The normalized spacial score (nSPS) is 10.7. The minimum atomic E-state index is -0.274. The molecule has 1 aromatic carbocycles. The second-order valence-electron chi connectivity index (χ2n) is 3.81. The van der Waals surface area contributed by atoms with Crippen molar-refractivity contribution in [3.05, 3.63) is 42.2 Å². The number of hydrogen-bond acceptors (Lipinski definition) is 3. The number of benzene rings is 1. The van der Waals surface area contributed by atoms with E-state index in [1.807, 2.05) is 0 Å². The van der Waals surface area contributed by atoms with E-state index < -0.39 is 0 Å². The van der Waals surface area contributed by atoms with Crippen LogP contribution >= 0.6 is 0 Å². The van der Waals surface area contributed by atoms with Gasteiger partial charge in [-0.25, -0.2) is 9.37 Å². The van der Waals surface area contributed by atoms with Gasteiger partial charge in [-0.05, 0) is 25.1 Å². The third-order valence-electron chi connectivity index (χ3n) is 2.37. The van der Waals surface area contributed by atoms with Gasteiger partial charge < -0.3 is 9.73 Å². The molecule has 0 atom stereocenters. The van der Waals surface area contributed by atoms with Crippen molar-refractivity contribution >= 4 is 0 Å². The summed E-state index contributed by atoms with van der Waals surface area (Å²) in [6, 6.07) is 6.29. The van der Waals surface area contributed by atoms with Crippen LogP contribution < -0.4 is 5.32 Å².